The van der Waals surface area contributed by atoms with Crippen LogP contribution >= 0.6 is 0 Å². The molecule has 8 heteroatoms. The molecule has 3 amide bonds. The molecule has 0 bridgehead atoms. The molecule has 0 N–H and O–H groups in total. The number of rotatable bonds is 4. The fraction of sp³-hybridized carbons (Fsp3) is 0.360. The topological polar surface area (TPSA) is 84.7 Å². The first-order chi connectivity index (χ1) is 15.8. The molecule has 2 aliphatic rings. The van der Waals surface area contributed by atoms with Crippen LogP contribution in [-0.2, 0) is 20.9 Å². The first-order valence-electron chi connectivity index (χ1n) is 10.9. The SMILES string of the molecule is CCC(=O)N1CC[C@]2(C1)C(=O)N(c1ccc(C#N)cc1F)CC(=O)N2Cc1ccc(C)cc1. The number of amides is 3. The molecule has 1 atom stereocenters. The molecule has 0 aliphatic carbocycles. The number of carbonyl (C=O) groups excluding carboxylic acids is 3. The van der Waals surface area contributed by atoms with E-state index in [9.17, 15) is 18.8 Å². The molecule has 1 spiro atoms. The molecule has 2 heterocycles. The van der Waals surface area contributed by atoms with Crippen molar-refractivity contribution in [2.24, 2.45) is 0 Å². The first-order valence-corrected chi connectivity index (χ1v) is 10.9. The Morgan fingerprint density at radius 3 is 2.55 bits per heavy atom. The highest BCUT2D eigenvalue weighted by Gasteiger charge is 2.57. The fourth-order valence-corrected chi connectivity index (χ4v) is 4.63. The van der Waals surface area contributed by atoms with Gasteiger partial charge in [0.25, 0.3) is 5.91 Å². The molecule has 0 aromatic heterocycles. The summed E-state index contributed by atoms with van der Waals surface area (Å²) in [6.45, 7) is 4.06. The van der Waals surface area contributed by atoms with Crippen molar-refractivity contribution in [3.05, 3.63) is 65.0 Å². The summed E-state index contributed by atoms with van der Waals surface area (Å²) in [4.78, 5) is 44.0. The lowest BCUT2D eigenvalue weighted by Crippen LogP contribution is -2.69. The van der Waals surface area contributed by atoms with Gasteiger partial charge in [0, 0.05) is 19.5 Å². The number of hydrogen-bond donors (Lipinski definition) is 0. The van der Waals surface area contributed by atoms with Gasteiger partial charge < -0.3 is 9.80 Å². The summed E-state index contributed by atoms with van der Waals surface area (Å²) in [6.07, 6.45) is 0.577. The monoisotopic (exact) mass is 448 g/mol. The number of benzene rings is 2. The van der Waals surface area contributed by atoms with Crippen molar-refractivity contribution >= 4 is 23.4 Å². The van der Waals surface area contributed by atoms with Crippen LogP contribution in [0, 0.1) is 24.1 Å². The maximum Gasteiger partial charge on any atom is 0.255 e. The van der Waals surface area contributed by atoms with E-state index in [4.69, 9.17) is 5.26 Å². The minimum absolute atomic E-state index is 0.0398. The molecule has 2 saturated heterocycles. The number of likely N-dealkylation sites (tertiary alicyclic amines) is 1. The van der Waals surface area contributed by atoms with E-state index >= 15 is 0 Å². The number of halogens is 1. The third-order valence-electron chi connectivity index (χ3n) is 6.49. The summed E-state index contributed by atoms with van der Waals surface area (Å²) < 4.78 is 14.8. The van der Waals surface area contributed by atoms with Gasteiger partial charge in [-0.15, -0.1) is 0 Å². The molecular formula is C25H25FN4O3. The lowest BCUT2D eigenvalue weighted by molar-refractivity contribution is -0.151. The van der Waals surface area contributed by atoms with E-state index in [0.717, 1.165) is 22.1 Å². The van der Waals surface area contributed by atoms with Gasteiger partial charge in [-0.05, 0) is 37.1 Å². The van der Waals surface area contributed by atoms with E-state index in [1.165, 1.54) is 12.1 Å². The molecule has 0 unspecified atom stereocenters. The molecule has 2 aliphatic heterocycles. The van der Waals surface area contributed by atoms with E-state index in [-0.39, 0.29) is 49.1 Å². The smallest absolute Gasteiger partial charge is 0.255 e. The summed E-state index contributed by atoms with van der Waals surface area (Å²) in [5.41, 5.74) is 0.771. The van der Waals surface area contributed by atoms with Crippen LogP contribution in [0.4, 0.5) is 10.1 Å². The highest BCUT2D eigenvalue weighted by molar-refractivity contribution is 6.10. The number of nitriles is 1. The minimum atomic E-state index is -1.27. The number of piperazine rings is 1. The Morgan fingerprint density at radius 2 is 1.91 bits per heavy atom. The van der Waals surface area contributed by atoms with Crippen LogP contribution in [-0.4, -0.2) is 52.7 Å². The minimum Gasteiger partial charge on any atom is -0.340 e. The fourth-order valence-electron chi connectivity index (χ4n) is 4.63. The van der Waals surface area contributed by atoms with Crippen molar-refractivity contribution in [1.82, 2.24) is 9.80 Å². The van der Waals surface area contributed by atoms with Crippen molar-refractivity contribution in [3.8, 4) is 6.07 Å². The van der Waals surface area contributed by atoms with E-state index in [1.54, 1.807) is 16.7 Å². The first kappa shape index (κ1) is 22.5. The number of hydrogen-bond acceptors (Lipinski definition) is 4. The zero-order chi connectivity index (χ0) is 23.8. The predicted molar refractivity (Wildman–Crippen MR) is 119 cm³/mol. The van der Waals surface area contributed by atoms with Crippen LogP contribution in [0.1, 0.15) is 36.5 Å². The van der Waals surface area contributed by atoms with Gasteiger partial charge in [0.1, 0.15) is 17.9 Å². The molecule has 170 valence electrons. The van der Waals surface area contributed by atoms with Crippen LogP contribution < -0.4 is 4.90 Å². The molecule has 0 saturated carbocycles. The average molecular weight is 448 g/mol. The van der Waals surface area contributed by atoms with E-state index in [0.29, 0.717) is 13.0 Å². The zero-order valence-corrected chi connectivity index (χ0v) is 18.7. The van der Waals surface area contributed by atoms with Crippen LogP contribution in [0.25, 0.3) is 0 Å². The predicted octanol–water partition coefficient (Wildman–Crippen LogP) is 2.76. The van der Waals surface area contributed by atoms with Crippen LogP contribution in [0.15, 0.2) is 42.5 Å². The lowest BCUT2D eigenvalue weighted by Gasteiger charge is -2.47. The van der Waals surface area contributed by atoms with Gasteiger partial charge in [0.05, 0.1) is 23.9 Å². The van der Waals surface area contributed by atoms with Crippen molar-refractivity contribution in [2.45, 2.75) is 38.8 Å². The quantitative estimate of drug-likeness (QED) is 0.720. The molecular weight excluding hydrogens is 423 g/mol. The van der Waals surface area contributed by atoms with Gasteiger partial charge in [-0.2, -0.15) is 5.26 Å². The Bertz CT molecular complexity index is 1160. The van der Waals surface area contributed by atoms with Crippen molar-refractivity contribution in [3.63, 3.8) is 0 Å². The van der Waals surface area contributed by atoms with Crippen LogP contribution in [0.2, 0.25) is 0 Å². The molecule has 33 heavy (non-hydrogen) atoms. The second kappa shape index (κ2) is 8.66. The Hall–Kier alpha value is -3.73. The Labute approximate surface area is 192 Å². The summed E-state index contributed by atoms with van der Waals surface area (Å²) >= 11 is 0. The summed E-state index contributed by atoms with van der Waals surface area (Å²) in [7, 11) is 0. The average Bonchev–Trinajstić information content (AvgIpc) is 3.26. The third kappa shape index (κ3) is 3.95. The van der Waals surface area contributed by atoms with Gasteiger partial charge in [-0.1, -0.05) is 36.8 Å². The number of aryl methyl sites for hydroxylation is 1. The van der Waals surface area contributed by atoms with Crippen LogP contribution in [0.5, 0.6) is 0 Å². The molecule has 2 aromatic rings. The van der Waals surface area contributed by atoms with Gasteiger partial charge >= 0.3 is 0 Å². The molecule has 7 nitrogen and oxygen atoms in total. The second-order valence-corrected chi connectivity index (χ2v) is 8.59. The van der Waals surface area contributed by atoms with Crippen molar-refractivity contribution in [2.75, 3.05) is 24.5 Å². The standard InChI is InChI=1S/C25H25FN4O3/c1-3-22(31)28-11-10-25(16-28)24(33)29(21-9-8-19(13-27)12-20(21)26)15-23(32)30(25)14-18-6-4-17(2)5-7-18/h4-9,12H,3,10-11,14-16H2,1-2H3/t25-/m0/s1. The lowest BCUT2D eigenvalue weighted by atomic mass is 9.89. The van der Waals surface area contributed by atoms with Gasteiger partial charge in [0.15, 0.2) is 0 Å². The number of nitrogens with zero attached hydrogens (tertiary/aromatic N) is 4. The summed E-state index contributed by atoms with van der Waals surface area (Å²) in [6, 6.07) is 13.4. The van der Waals surface area contributed by atoms with Crippen molar-refractivity contribution < 1.29 is 18.8 Å². The maximum atomic E-state index is 14.8. The Balaban J connectivity index is 1.74. The number of carbonyl (C=O) groups is 3. The third-order valence-corrected chi connectivity index (χ3v) is 6.49. The Kier molecular flexibility index (Phi) is 5.90. The molecule has 2 fully saturated rings. The summed E-state index contributed by atoms with van der Waals surface area (Å²) in [5, 5.41) is 9.03. The molecule has 2 aromatic carbocycles. The molecule has 0 radical (unpaired) electrons. The maximum absolute atomic E-state index is 14.8. The highest BCUT2D eigenvalue weighted by atomic mass is 19.1. The van der Waals surface area contributed by atoms with E-state index in [1.807, 2.05) is 37.3 Å². The van der Waals surface area contributed by atoms with E-state index in [2.05, 4.69) is 0 Å². The van der Waals surface area contributed by atoms with Crippen molar-refractivity contribution in [1.29, 1.82) is 5.26 Å². The molecule has 4 rings (SSSR count). The van der Waals surface area contributed by atoms with Crippen LogP contribution in [0.3, 0.4) is 0 Å². The summed E-state index contributed by atoms with van der Waals surface area (Å²) in [5.74, 6) is -1.56. The Morgan fingerprint density at radius 1 is 1.18 bits per heavy atom. The van der Waals surface area contributed by atoms with E-state index < -0.39 is 17.3 Å². The number of anilines is 1. The van der Waals surface area contributed by atoms with Gasteiger partial charge in [-0.25, -0.2) is 4.39 Å². The zero-order valence-electron chi connectivity index (χ0n) is 18.7. The normalized spacial score (nSPS) is 20.5. The largest absolute Gasteiger partial charge is 0.340 e. The van der Waals surface area contributed by atoms with Gasteiger partial charge in [0.2, 0.25) is 11.8 Å². The van der Waals surface area contributed by atoms with Gasteiger partial charge in [-0.3, -0.25) is 19.3 Å². The second-order valence-electron chi connectivity index (χ2n) is 8.59. The highest BCUT2D eigenvalue weighted by Crippen LogP contribution is 2.37.